The molecule has 0 spiro atoms. The predicted octanol–water partition coefficient (Wildman–Crippen LogP) is 3.08. The predicted molar refractivity (Wildman–Crippen MR) is 69.7 cm³/mol. The van der Waals surface area contributed by atoms with E-state index in [9.17, 15) is 0 Å². The molecule has 1 aromatic rings. The molecule has 0 aromatic heterocycles. The van der Waals surface area contributed by atoms with E-state index >= 15 is 0 Å². The third-order valence-corrected chi connectivity index (χ3v) is 2.29. The first-order valence-electron chi connectivity index (χ1n) is 4.66. The van der Waals surface area contributed by atoms with Crippen LogP contribution in [0.5, 0.6) is 0 Å². The summed E-state index contributed by atoms with van der Waals surface area (Å²) in [6, 6.07) is 7.74. The molecule has 2 N–H and O–H groups in total. The molecule has 0 atom stereocenters. The fraction of sp³-hybridized carbons (Fsp3) is 0.300. The second kappa shape index (κ2) is 6.76. The van der Waals surface area contributed by atoms with Crippen molar-refractivity contribution in [1.29, 1.82) is 0 Å². The van der Waals surface area contributed by atoms with Crippen molar-refractivity contribution in [2.24, 2.45) is 0 Å². The average Bonchev–Trinajstić information content (AvgIpc) is 2.22. The van der Waals surface area contributed by atoms with Crippen LogP contribution < -0.4 is 10.8 Å². The second-order valence-electron chi connectivity index (χ2n) is 2.91. The maximum Gasteiger partial charge on any atom is 0.195 e. The Bertz CT molecular complexity index is 316. The molecule has 0 saturated heterocycles. The van der Waals surface area contributed by atoms with Crippen molar-refractivity contribution in [3.05, 3.63) is 28.7 Å². The molecule has 15 heavy (non-hydrogen) atoms. The van der Waals surface area contributed by atoms with Gasteiger partial charge in [0, 0.05) is 10.2 Å². The van der Waals surface area contributed by atoms with Gasteiger partial charge in [-0.3, -0.25) is 4.84 Å². The number of hydroxylamine groups is 1. The van der Waals surface area contributed by atoms with E-state index in [-0.39, 0.29) is 0 Å². The maximum atomic E-state index is 5.08. The number of anilines is 1. The molecule has 82 valence electrons. The van der Waals surface area contributed by atoms with E-state index in [4.69, 9.17) is 17.1 Å². The van der Waals surface area contributed by atoms with Crippen LogP contribution in [0.25, 0.3) is 0 Å². The summed E-state index contributed by atoms with van der Waals surface area (Å²) in [5, 5.41) is 3.47. The van der Waals surface area contributed by atoms with Gasteiger partial charge >= 0.3 is 0 Å². The molecule has 1 rings (SSSR count). The lowest BCUT2D eigenvalue weighted by Crippen LogP contribution is -2.28. The molecule has 5 heteroatoms. The van der Waals surface area contributed by atoms with Gasteiger partial charge in [0.05, 0.1) is 6.61 Å². The molecule has 0 amide bonds. The molecule has 0 radical (unpaired) electrons. The molecule has 0 fully saturated rings. The summed E-state index contributed by atoms with van der Waals surface area (Å²) in [7, 11) is 0. The highest BCUT2D eigenvalue weighted by Crippen LogP contribution is 2.13. The third kappa shape index (κ3) is 5.11. The largest absolute Gasteiger partial charge is 0.331 e. The molecular weight excluding hydrogens is 276 g/mol. The highest BCUT2D eigenvalue weighted by atomic mass is 79.9. The molecule has 0 saturated carbocycles. The molecule has 1 aromatic carbocycles. The summed E-state index contributed by atoms with van der Waals surface area (Å²) < 4.78 is 1.04. The van der Waals surface area contributed by atoms with E-state index in [0.717, 1.165) is 16.6 Å². The molecule has 0 aliphatic rings. The summed E-state index contributed by atoms with van der Waals surface area (Å²) in [6.07, 6.45) is 0.952. The highest BCUT2D eigenvalue weighted by Gasteiger charge is 1.96. The van der Waals surface area contributed by atoms with Gasteiger partial charge in [-0.1, -0.05) is 22.9 Å². The zero-order valence-electron chi connectivity index (χ0n) is 8.42. The lowest BCUT2D eigenvalue weighted by Gasteiger charge is -2.09. The van der Waals surface area contributed by atoms with Crippen LogP contribution in [0.4, 0.5) is 5.69 Å². The van der Waals surface area contributed by atoms with Crippen molar-refractivity contribution in [3.8, 4) is 0 Å². The van der Waals surface area contributed by atoms with E-state index in [1.54, 1.807) is 0 Å². The Hall–Kier alpha value is -0.650. The van der Waals surface area contributed by atoms with Gasteiger partial charge in [0.1, 0.15) is 0 Å². The van der Waals surface area contributed by atoms with Crippen molar-refractivity contribution in [3.63, 3.8) is 0 Å². The summed E-state index contributed by atoms with van der Waals surface area (Å²) in [6.45, 7) is 2.68. The van der Waals surface area contributed by atoms with Crippen LogP contribution in [0, 0.1) is 0 Å². The van der Waals surface area contributed by atoms with Crippen LogP contribution >= 0.6 is 28.1 Å². The summed E-state index contributed by atoms with van der Waals surface area (Å²) in [4.78, 5) is 5.08. The average molecular weight is 289 g/mol. The summed E-state index contributed by atoms with van der Waals surface area (Å²) in [5.41, 5.74) is 3.58. The van der Waals surface area contributed by atoms with Crippen molar-refractivity contribution in [2.45, 2.75) is 13.3 Å². The first-order valence-corrected chi connectivity index (χ1v) is 5.87. The molecule has 0 aliphatic heterocycles. The normalized spacial score (nSPS) is 9.73. The fourth-order valence-electron chi connectivity index (χ4n) is 0.908. The molecule has 0 unspecified atom stereocenters. The molecule has 3 nitrogen and oxygen atoms in total. The zero-order chi connectivity index (χ0) is 11.1. The van der Waals surface area contributed by atoms with Crippen LogP contribution in [0.15, 0.2) is 28.7 Å². The monoisotopic (exact) mass is 288 g/mol. The van der Waals surface area contributed by atoms with Crippen LogP contribution in [-0.4, -0.2) is 11.7 Å². The van der Waals surface area contributed by atoms with E-state index < -0.39 is 0 Å². The van der Waals surface area contributed by atoms with Gasteiger partial charge in [0.15, 0.2) is 5.11 Å². The molecule has 0 bridgehead atoms. The number of halogens is 1. The van der Waals surface area contributed by atoms with Crippen LogP contribution in [0.1, 0.15) is 13.3 Å². The van der Waals surface area contributed by atoms with Crippen LogP contribution in [0.3, 0.4) is 0 Å². The lowest BCUT2D eigenvalue weighted by atomic mass is 10.3. The number of rotatable bonds is 4. The van der Waals surface area contributed by atoms with Crippen molar-refractivity contribution in [2.75, 3.05) is 11.9 Å². The van der Waals surface area contributed by atoms with Gasteiger partial charge in [0.2, 0.25) is 0 Å². The minimum atomic E-state index is 0.464. The molecule has 0 aliphatic carbocycles. The maximum absolute atomic E-state index is 5.08. The van der Waals surface area contributed by atoms with Crippen LogP contribution in [0.2, 0.25) is 0 Å². The first kappa shape index (κ1) is 12.4. The van der Waals surface area contributed by atoms with Crippen molar-refractivity contribution >= 4 is 38.9 Å². The van der Waals surface area contributed by atoms with Gasteiger partial charge in [-0.2, -0.15) is 0 Å². The second-order valence-corrected chi connectivity index (χ2v) is 4.24. The summed E-state index contributed by atoms with van der Waals surface area (Å²) in [5.74, 6) is 0. The Labute approximate surface area is 103 Å². The third-order valence-electron chi connectivity index (χ3n) is 1.57. The standard InChI is InChI=1S/C10H13BrN2OS/c1-2-7-14-13-10(15)12-9-5-3-8(11)4-6-9/h3-6H,2,7H2,1H3,(H2,12,13,15). The number of hydrogen-bond acceptors (Lipinski definition) is 2. The van der Waals surface area contributed by atoms with Gasteiger partial charge < -0.3 is 5.32 Å². The zero-order valence-corrected chi connectivity index (χ0v) is 10.8. The smallest absolute Gasteiger partial charge is 0.195 e. The molecular formula is C10H13BrN2OS. The minimum Gasteiger partial charge on any atom is -0.331 e. The Balaban J connectivity index is 2.34. The van der Waals surface area contributed by atoms with E-state index in [2.05, 4.69) is 26.7 Å². The SMILES string of the molecule is CCCONC(=S)Nc1ccc(Br)cc1. The van der Waals surface area contributed by atoms with Gasteiger partial charge in [-0.25, -0.2) is 5.48 Å². The van der Waals surface area contributed by atoms with Crippen molar-refractivity contribution < 1.29 is 4.84 Å². The van der Waals surface area contributed by atoms with Crippen molar-refractivity contribution in [1.82, 2.24) is 5.48 Å². The van der Waals surface area contributed by atoms with E-state index in [1.807, 2.05) is 31.2 Å². The highest BCUT2D eigenvalue weighted by molar-refractivity contribution is 9.10. The van der Waals surface area contributed by atoms with Gasteiger partial charge in [-0.15, -0.1) is 0 Å². The van der Waals surface area contributed by atoms with Crippen LogP contribution in [-0.2, 0) is 4.84 Å². The first-order chi connectivity index (χ1) is 7.22. The Morgan fingerprint density at radius 1 is 1.40 bits per heavy atom. The Kier molecular flexibility index (Phi) is 5.60. The Morgan fingerprint density at radius 2 is 2.07 bits per heavy atom. The number of nitrogens with one attached hydrogen (secondary N) is 2. The fourth-order valence-corrected chi connectivity index (χ4v) is 1.35. The van der Waals surface area contributed by atoms with Gasteiger partial charge in [0.25, 0.3) is 0 Å². The summed E-state index contributed by atoms with van der Waals surface area (Å²) >= 11 is 8.39. The number of hydrogen-bond donors (Lipinski definition) is 2. The lowest BCUT2D eigenvalue weighted by molar-refractivity contribution is 0.0872. The van der Waals surface area contributed by atoms with E-state index in [0.29, 0.717) is 11.7 Å². The Morgan fingerprint density at radius 3 is 2.67 bits per heavy atom. The van der Waals surface area contributed by atoms with Gasteiger partial charge in [-0.05, 0) is 42.9 Å². The molecule has 0 heterocycles. The number of thiocarbonyl (C=S) groups is 1. The minimum absolute atomic E-state index is 0.464. The topological polar surface area (TPSA) is 33.3 Å². The number of benzene rings is 1. The quantitative estimate of drug-likeness (QED) is 0.507. The van der Waals surface area contributed by atoms with E-state index in [1.165, 1.54) is 0 Å².